The summed E-state index contributed by atoms with van der Waals surface area (Å²) in [6.07, 6.45) is -2.89. The van der Waals surface area contributed by atoms with Crippen LogP contribution in [0.2, 0.25) is 0 Å². The summed E-state index contributed by atoms with van der Waals surface area (Å²) in [6, 6.07) is 10.9. The topological polar surface area (TPSA) is 45.9 Å². The molecule has 102 valence electrons. The van der Waals surface area contributed by atoms with E-state index in [-0.39, 0.29) is 12.2 Å². The summed E-state index contributed by atoms with van der Waals surface area (Å²) in [5.41, 5.74) is 2.05. The zero-order chi connectivity index (χ0) is 14.6. The second-order valence-electron chi connectivity index (χ2n) is 3.96. The van der Waals surface area contributed by atoms with Gasteiger partial charge in [-0.3, -0.25) is 4.98 Å². The van der Waals surface area contributed by atoms with Crippen LogP contribution in [-0.4, -0.2) is 11.3 Å². The maximum atomic E-state index is 12.0. The minimum atomic E-state index is -4.70. The number of hydrogen-bond donors (Lipinski definition) is 0. The van der Waals surface area contributed by atoms with E-state index in [9.17, 15) is 13.2 Å². The van der Waals surface area contributed by atoms with E-state index in [2.05, 4.69) is 9.72 Å². The van der Waals surface area contributed by atoms with Crippen molar-refractivity contribution in [2.45, 2.75) is 12.8 Å². The molecule has 0 radical (unpaired) electrons. The third kappa shape index (κ3) is 3.72. The lowest BCUT2D eigenvalue weighted by molar-refractivity contribution is -0.274. The van der Waals surface area contributed by atoms with Crippen LogP contribution in [0.4, 0.5) is 13.2 Å². The minimum Gasteiger partial charge on any atom is -0.406 e. The summed E-state index contributed by atoms with van der Waals surface area (Å²) >= 11 is 0. The lowest BCUT2D eigenvalue weighted by atomic mass is 10.1. The summed E-state index contributed by atoms with van der Waals surface area (Å²) in [5, 5.41) is 8.63. The Morgan fingerprint density at radius 1 is 1.15 bits per heavy atom. The second kappa shape index (κ2) is 5.61. The monoisotopic (exact) mass is 278 g/mol. The fourth-order valence-corrected chi connectivity index (χ4v) is 1.66. The number of rotatable bonds is 3. The van der Waals surface area contributed by atoms with Crippen molar-refractivity contribution in [3.05, 3.63) is 48.2 Å². The van der Waals surface area contributed by atoms with Gasteiger partial charge in [0.25, 0.3) is 0 Å². The molecule has 0 aliphatic heterocycles. The van der Waals surface area contributed by atoms with Crippen molar-refractivity contribution in [1.29, 1.82) is 5.26 Å². The number of alkyl halides is 3. The molecule has 2 aromatic rings. The molecule has 0 fully saturated rings. The molecular formula is C14H9F3N2O. The first-order valence-corrected chi connectivity index (χ1v) is 5.66. The average molecular weight is 278 g/mol. The van der Waals surface area contributed by atoms with Crippen LogP contribution in [0.15, 0.2) is 42.6 Å². The zero-order valence-electron chi connectivity index (χ0n) is 10.2. The molecule has 0 saturated carbocycles. The number of benzene rings is 1. The summed E-state index contributed by atoms with van der Waals surface area (Å²) in [6.45, 7) is 0. The highest BCUT2D eigenvalue weighted by atomic mass is 19.4. The highest BCUT2D eigenvalue weighted by molar-refractivity contribution is 5.60. The standard InChI is InChI=1S/C14H9F3N2O/c15-14(16,17)20-12-3-1-11(2-4-12)13-9-10(5-7-18)6-8-19-13/h1-4,6,8-9H,5H2. The summed E-state index contributed by atoms with van der Waals surface area (Å²) < 4.78 is 39.9. The van der Waals surface area contributed by atoms with E-state index in [1.807, 2.05) is 6.07 Å². The molecule has 0 saturated heterocycles. The maximum Gasteiger partial charge on any atom is 0.573 e. The van der Waals surface area contributed by atoms with Crippen LogP contribution in [0.25, 0.3) is 11.3 Å². The number of halogens is 3. The van der Waals surface area contributed by atoms with Crippen LogP contribution in [0, 0.1) is 11.3 Å². The van der Waals surface area contributed by atoms with E-state index in [4.69, 9.17) is 5.26 Å². The first kappa shape index (κ1) is 13.9. The molecular weight excluding hydrogens is 269 g/mol. The van der Waals surface area contributed by atoms with Gasteiger partial charge in [0.1, 0.15) is 5.75 Å². The lowest BCUT2D eigenvalue weighted by Gasteiger charge is -2.09. The highest BCUT2D eigenvalue weighted by Crippen LogP contribution is 2.25. The van der Waals surface area contributed by atoms with E-state index < -0.39 is 6.36 Å². The van der Waals surface area contributed by atoms with Gasteiger partial charge in [-0.25, -0.2) is 0 Å². The van der Waals surface area contributed by atoms with Crippen LogP contribution < -0.4 is 4.74 Å². The molecule has 0 aliphatic carbocycles. The van der Waals surface area contributed by atoms with Crippen molar-refractivity contribution in [1.82, 2.24) is 4.98 Å². The quantitative estimate of drug-likeness (QED) is 0.859. The van der Waals surface area contributed by atoms with Crippen LogP contribution in [0.3, 0.4) is 0 Å². The smallest absolute Gasteiger partial charge is 0.406 e. The van der Waals surface area contributed by atoms with E-state index in [1.54, 1.807) is 18.3 Å². The Morgan fingerprint density at radius 2 is 1.85 bits per heavy atom. The molecule has 0 amide bonds. The molecule has 0 bridgehead atoms. The van der Waals surface area contributed by atoms with Gasteiger partial charge in [0.2, 0.25) is 0 Å². The van der Waals surface area contributed by atoms with Gasteiger partial charge in [0.05, 0.1) is 18.2 Å². The van der Waals surface area contributed by atoms with Crippen molar-refractivity contribution in [2.75, 3.05) is 0 Å². The predicted molar refractivity (Wildman–Crippen MR) is 65.7 cm³/mol. The third-order valence-electron chi connectivity index (χ3n) is 2.49. The molecule has 0 unspecified atom stereocenters. The van der Waals surface area contributed by atoms with Crippen molar-refractivity contribution in [3.63, 3.8) is 0 Å². The Bertz CT molecular complexity index is 630. The first-order valence-electron chi connectivity index (χ1n) is 5.66. The summed E-state index contributed by atoms with van der Waals surface area (Å²) in [4.78, 5) is 4.12. The normalized spacial score (nSPS) is 10.9. The molecule has 0 aliphatic rings. The van der Waals surface area contributed by atoms with Crippen LogP contribution >= 0.6 is 0 Å². The van der Waals surface area contributed by atoms with E-state index in [0.717, 1.165) is 5.56 Å². The van der Waals surface area contributed by atoms with Gasteiger partial charge in [-0.1, -0.05) is 0 Å². The van der Waals surface area contributed by atoms with Crippen molar-refractivity contribution >= 4 is 0 Å². The average Bonchev–Trinajstić information content (AvgIpc) is 2.38. The van der Waals surface area contributed by atoms with Crippen molar-refractivity contribution in [2.24, 2.45) is 0 Å². The molecule has 0 atom stereocenters. The van der Waals surface area contributed by atoms with Crippen LogP contribution in [-0.2, 0) is 6.42 Å². The number of hydrogen-bond acceptors (Lipinski definition) is 3. The van der Waals surface area contributed by atoms with Gasteiger partial charge >= 0.3 is 6.36 Å². The molecule has 1 aromatic heterocycles. The molecule has 20 heavy (non-hydrogen) atoms. The number of aromatic nitrogens is 1. The Balaban J connectivity index is 2.22. The first-order chi connectivity index (χ1) is 9.48. The van der Waals surface area contributed by atoms with Gasteiger partial charge in [-0.15, -0.1) is 13.2 Å². The molecule has 3 nitrogen and oxygen atoms in total. The number of ether oxygens (including phenoxy) is 1. The second-order valence-corrected chi connectivity index (χ2v) is 3.96. The Morgan fingerprint density at radius 3 is 2.45 bits per heavy atom. The fraction of sp³-hybridized carbons (Fsp3) is 0.143. The van der Waals surface area contributed by atoms with Gasteiger partial charge in [0.15, 0.2) is 0 Å². The van der Waals surface area contributed by atoms with Gasteiger partial charge in [-0.2, -0.15) is 5.26 Å². The van der Waals surface area contributed by atoms with E-state index in [1.165, 1.54) is 24.3 Å². The van der Waals surface area contributed by atoms with Crippen LogP contribution in [0.1, 0.15) is 5.56 Å². The molecule has 2 rings (SSSR count). The zero-order valence-corrected chi connectivity index (χ0v) is 10.2. The van der Waals surface area contributed by atoms with Crippen molar-refractivity contribution < 1.29 is 17.9 Å². The number of nitrogens with zero attached hydrogens (tertiary/aromatic N) is 2. The van der Waals surface area contributed by atoms with E-state index in [0.29, 0.717) is 11.3 Å². The summed E-state index contributed by atoms with van der Waals surface area (Å²) in [7, 11) is 0. The third-order valence-corrected chi connectivity index (χ3v) is 2.49. The predicted octanol–water partition coefficient (Wildman–Crippen LogP) is 3.71. The van der Waals surface area contributed by atoms with Gasteiger partial charge in [-0.05, 0) is 42.0 Å². The van der Waals surface area contributed by atoms with Crippen LogP contribution in [0.5, 0.6) is 5.75 Å². The fourth-order valence-electron chi connectivity index (χ4n) is 1.66. The van der Waals surface area contributed by atoms with Gasteiger partial charge < -0.3 is 4.74 Å². The maximum absolute atomic E-state index is 12.0. The Hall–Kier alpha value is -2.55. The number of pyridine rings is 1. The SMILES string of the molecule is N#CCc1ccnc(-c2ccc(OC(F)(F)F)cc2)c1. The lowest BCUT2D eigenvalue weighted by Crippen LogP contribution is -2.16. The highest BCUT2D eigenvalue weighted by Gasteiger charge is 2.30. The Labute approximate surface area is 113 Å². The molecule has 0 N–H and O–H groups in total. The summed E-state index contributed by atoms with van der Waals surface area (Å²) in [5.74, 6) is -0.283. The molecule has 1 aromatic carbocycles. The molecule has 1 heterocycles. The van der Waals surface area contributed by atoms with E-state index >= 15 is 0 Å². The number of nitriles is 1. The largest absolute Gasteiger partial charge is 0.573 e. The molecule has 0 spiro atoms. The Kier molecular flexibility index (Phi) is 3.89. The van der Waals surface area contributed by atoms with Crippen molar-refractivity contribution in [3.8, 4) is 23.1 Å². The molecule has 6 heteroatoms. The minimum absolute atomic E-state index is 0.255. The van der Waals surface area contributed by atoms with Gasteiger partial charge in [0, 0.05) is 11.8 Å².